The van der Waals surface area contributed by atoms with Gasteiger partial charge in [-0.1, -0.05) is 25.5 Å². The van der Waals surface area contributed by atoms with Crippen LogP contribution in [0, 0.1) is 28.6 Å². The van der Waals surface area contributed by atoms with Crippen LogP contribution < -0.4 is 0 Å². The molecule has 0 aliphatic heterocycles. The third-order valence-electron chi connectivity index (χ3n) is 8.25. The van der Waals surface area contributed by atoms with Crippen LogP contribution in [0.5, 0.6) is 0 Å². The third-order valence-corrected chi connectivity index (χ3v) is 8.25. The van der Waals surface area contributed by atoms with Gasteiger partial charge in [0.1, 0.15) is 6.10 Å². The van der Waals surface area contributed by atoms with E-state index in [1.165, 1.54) is 5.57 Å². The van der Waals surface area contributed by atoms with Gasteiger partial charge in [0.05, 0.1) is 6.10 Å². The van der Waals surface area contributed by atoms with Crippen LogP contribution in [0.25, 0.3) is 0 Å². The van der Waals surface area contributed by atoms with Gasteiger partial charge in [0.2, 0.25) is 0 Å². The zero-order valence-corrected chi connectivity index (χ0v) is 14.2. The normalized spacial score (nSPS) is 54.7. The molecule has 0 aromatic heterocycles. The number of allylic oxidation sites excluding steroid dienone is 1. The number of rotatable bonds is 0. The first-order valence-electron chi connectivity index (χ1n) is 9.20. The summed E-state index contributed by atoms with van der Waals surface area (Å²) in [6.07, 6.45) is 6.95. The second kappa shape index (κ2) is 4.81. The Morgan fingerprint density at radius 2 is 1.78 bits per heavy atom. The Morgan fingerprint density at radius 3 is 2.52 bits per heavy atom. The quantitative estimate of drug-likeness (QED) is 0.406. The second-order valence-corrected chi connectivity index (χ2v) is 9.09. The first-order chi connectivity index (χ1) is 10.7. The molecule has 4 aliphatic rings. The lowest BCUT2D eigenvalue weighted by Gasteiger charge is -2.58. The fraction of sp³-hybridized carbons (Fsp3) is 0.895. The lowest BCUT2D eigenvalue weighted by Crippen LogP contribution is -2.56. The molecule has 0 aromatic carbocycles. The molecule has 2 unspecified atom stereocenters. The molecule has 7 atom stereocenters. The summed E-state index contributed by atoms with van der Waals surface area (Å²) in [5, 5.41) is 41.2. The third kappa shape index (κ3) is 1.92. The van der Waals surface area contributed by atoms with Gasteiger partial charge in [0.25, 0.3) is 0 Å². The maximum absolute atomic E-state index is 10.5. The fourth-order valence-corrected chi connectivity index (χ4v) is 6.64. The molecule has 0 aromatic rings. The summed E-state index contributed by atoms with van der Waals surface area (Å²) in [6.45, 7) is 4.30. The van der Waals surface area contributed by atoms with Crippen LogP contribution in [-0.2, 0) is 0 Å². The molecule has 130 valence electrons. The van der Waals surface area contributed by atoms with Crippen LogP contribution in [-0.4, -0.2) is 38.4 Å². The molecule has 0 bridgehead atoms. The van der Waals surface area contributed by atoms with Crippen molar-refractivity contribution < 1.29 is 20.4 Å². The Morgan fingerprint density at radius 1 is 1.04 bits per heavy atom. The molecule has 0 amide bonds. The van der Waals surface area contributed by atoms with E-state index in [0.717, 1.165) is 38.5 Å². The van der Waals surface area contributed by atoms with E-state index in [4.69, 9.17) is 0 Å². The van der Waals surface area contributed by atoms with E-state index in [2.05, 4.69) is 13.0 Å². The molecule has 4 nitrogen and oxygen atoms in total. The Kier molecular flexibility index (Phi) is 3.36. The summed E-state index contributed by atoms with van der Waals surface area (Å²) in [5.74, 6) is -0.855. The monoisotopic (exact) mass is 322 g/mol. The van der Waals surface area contributed by atoms with Crippen molar-refractivity contribution in [3.63, 3.8) is 0 Å². The standard InChI is InChI=1S/C19H30O4/c1-17-7-5-12(20)9-11(17)3-4-13-14(17)6-8-18(2)15(13)10-16(21)19(18,22)23/h3,12-16,20-23H,4-10H2,1-2H3/t12?,13-,14-,15+,16?,17+,18+/m1/s1. The maximum atomic E-state index is 10.5. The Labute approximate surface area is 138 Å². The van der Waals surface area contributed by atoms with Crippen molar-refractivity contribution in [2.24, 2.45) is 28.6 Å². The SMILES string of the molecule is C[C@]12CCC(O)CC1=CC[C@@H]1[C@H]2CC[C@@]2(C)[C@H]1CC(O)C2(O)O. The Balaban J connectivity index is 1.70. The molecule has 3 fully saturated rings. The van der Waals surface area contributed by atoms with Gasteiger partial charge >= 0.3 is 0 Å². The van der Waals surface area contributed by atoms with E-state index in [9.17, 15) is 20.4 Å². The van der Waals surface area contributed by atoms with Gasteiger partial charge in [0, 0.05) is 5.41 Å². The predicted molar refractivity (Wildman–Crippen MR) is 86.3 cm³/mol. The van der Waals surface area contributed by atoms with Gasteiger partial charge in [-0.15, -0.1) is 0 Å². The lowest BCUT2D eigenvalue weighted by molar-refractivity contribution is -0.278. The number of hydrogen-bond acceptors (Lipinski definition) is 4. The summed E-state index contributed by atoms with van der Waals surface area (Å²) in [6, 6.07) is 0. The highest BCUT2D eigenvalue weighted by Crippen LogP contribution is 2.66. The van der Waals surface area contributed by atoms with E-state index >= 15 is 0 Å². The molecule has 3 saturated carbocycles. The number of aliphatic hydroxyl groups excluding tert-OH is 2. The first kappa shape index (κ1) is 16.1. The summed E-state index contributed by atoms with van der Waals surface area (Å²) < 4.78 is 0. The molecule has 4 N–H and O–H groups in total. The van der Waals surface area contributed by atoms with Gasteiger partial charge in [-0.2, -0.15) is 0 Å². The van der Waals surface area contributed by atoms with Crippen molar-refractivity contribution in [1.29, 1.82) is 0 Å². The largest absolute Gasteiger partial charge is 0.393 e. The molecule has 4 aliphatic carbocycles. The Hall–Kier alpha value is -0.420. The average molecular weight is 322 g/mol. The number of aliphatic hydroxyl groups is 4. The smallest absolute Gasteiger partial charge is 0.195 e. The van der Waals surface area contributed by atoms with E-state index in [-0.39, 0.29) is 17.4 Å². The number of fused-ring (bicyclic) bond motifs is 5. The summed E-state index contributed by atoms with van der Waals surface area (Å²) in [5.41, 5.74) is 0.951. The molecule has 0 saturated heterocycles. The molecular formula is C19H30O4. The lowest BCUT2D eigenvalue weighted by atomic mass is 9.47. The molecule has 23 heavy (non-hydrogen) atoms. The van der Waals surface area contributed by atoms with Gasteiger partial charge < -0.3 is 20.4 Å². The van der Waals surface area contributed by atoms with Crippen LogP contribution in [0.4, 0.5) is 0 Å². The molecule has 4 heteroatoms. The minimum atomic E-state index is -1.96. The van der Waals surface area contributed by atoms with Crippen molar-refractivity contribution in [3.8, 4) is 0 Å². The summed E-state index contributed by atoms with van der Waals surface area (Å²) in [4.78, 5) is 0. The molecular weight excluding hydrogens is 292 g/mol. The van der Waals surface area contributed by atoms with E-state index in [0.29, 0.717) is 18.3 Å². The predicted octanol–water partition coefficient (Wildman–Crippen LogP) is 1.96. The molecule has 0 heterocycles. The molecule has 0 spiro atoms. The van der Waals surface area contributed by atoms with Crippen LogP contribution in [0.15, 0.2) is 11.6 Å². The zero-order valence-electron chi connectivity index (χ0n) is 14.2. The highest BCUT2D eigenvalue weighted by atomic mass is 16.5. The van der Waals surface area contributed by atoms with Crippen molar-refractivity contribution >= 4 is 0 Å². The van der Waals surface area contributed by atoms with Crippen LogP contribution in [0.3, 0.4) is 0 Å². The van der Waals surface area contributed by atoms with Crippen LogP contribution >= 0.6 is 0 Å². The van der Waals surface area contributed by atoms with E-state index in [1.807, 2.05) is 6.92 Å². The summed E-state index contributed by atoms with van der Waals surface area (Å²) in [7, 11) is 0. The van der Waals surface area contributed by atoms with Gasteiger partial charge in [0.15, 0.2) is 5.79 Å². The highest BCUT2D eigenvalue weighted by Gasteiger charge is 2.66. The van der Waals surface area contributed by atoms with Crippen molar-refractivity contribution in [2.75, 3.05) is 0 Å². The zero-order chi connectivity index (χ0) is 16.6. The van der Waals surface area contributed by atoms with Gasteiger partial charge in [-0.05, 0) is 68.1 Å². The van der Waals surface area contributed by atoms with E-state index < -0.39 is 17.3 Å². The second-order valence-electron chi connectivity index (χ2n) is 9.09. The highest BCUT2D eigenvalue weighted by molar-refractivity contribution is 5.26. The van der Waals surface area contributed by atoms with Crippen LogP contribution in [0.2, 0.25) is 0 Å². The minimum absolute atomic E-state index is 0.143. The Bertz CT molecular complexity index is 541. The van der Waals surface area contributed by atoms with Gasteiger partial charge in [-0.25, -0.2) is 0 Å². The molecule has 0 radical (unpaired) electrons. The van der Waals surface area contributed by atoms with Crippen LogP contribution in [0.1, 0.15) is 58.8 Å². The maximum Gasteiger partial charge on any atom is 0.195 e. The number of hydrogen-bond donors (Lipinski definition) is 4. The minimum Gasteiger partial charge on any atom is -0.393 e. The summed E-state index contributed by atoms with van der Waals surface area (Å²) >= 11 is 0. The van der Waals surface area contributed by atoms with Crippen molar-refractivity contribution in [1.82, 2.24) is 0 Å². The van der Waals surface area contributed by atoms with Crippen molar-refractivity contribution in [3.05, 3.63) is 11.6 Å². The van der Waals surface area contributed by atoms with Gasteiger partial charge in [-0.3, -0.25) is 0 Å². The molecule has 4 rings (SSSR count). The topological polar surface area (TPSA) is 80.9 Å². The fourth-order valence-electron chi connectivity index (χ4n) is 6.64. The van der Waals surface area contributed by atoms with E-state index in [1.54, 1.807) is 0 Å². The van der Waals surface area contributed by atoms with Crippen molar-refractivity contribution in [2.45, 2.75) is 76.8 Å². The average Bonchev–Trinajstić information content (AvgIpc) is 2.67. The first-order valence-corrected chi connectivity index (χ1v) is 9.20.